The quantitative estimate of drug-likeness (QED) is 0.750. The third-order valence-corrected chi connectivity index (χ3v) is 3.35. The van der Waals surface area contributed by atoms with Crippen LogP contribution in [-0.2, 0) is 6.18 Å². The molecule has 0 saturated heterocycles. The van der Waals surface area contributed by atoms with Gasteiger partial charge < -0.3 is 10.0 Å². The minimum Gasteiger partial charge on any atom is -0.423 e. The zero-order valence-electron chi connectivity index (χ0n) is 7.82. The summed E-state index contributed by atoms with van der Waals surface area (Å²) in [5, 5.41) is 18.2. The monoisotopic (exact) mass is 246 g/mol. The van der Waals surface area contributed by atoms with Crippen LogP contribution in [0.25, 0.3) is 10.1 Å². The Kier molecular flexibility index (Phi) is 2.69. The number of rotatable bonds is 1. The molecule has 0 amide bonds. The lowest BCUT2D eigenvalue weighted by atomic mass is 9.89. The average Bonchev–Trinajstić information content (AvgIpc) is 2.58. The molecule has 0 aliphatic rings. The maximum Gasteiger partial charge on any atom is 0.499 e. The molecule has 0 aliphatic heterocycles. The minimum absolute atomic E-state index is 0.0260. The first-order chi connectivity index (χ1) is 7.39. The molecule has 2 N–H and O–H groups in total. The van der Waals surface area contributed by atoms with Gasteiger partial charge in [0.2, 0.25) is 0 Å². The van der Waals surface area contributed by atoms with Gasteiger partial charge >= 0.3 is 13.3 Å². The first kappa shape index (κ1) is 11.4. The van der Waals surface area contributed by atoms with Gasteiger partial charge in [0.1, 0.15) is 0 Å². The van der Waals surface area contributed by atoms with Gasteiger partial charge in [-0.2, -0.15) is 13.2 Å². The van der Waals surface area contributed by atoms with Crippen molar-refractivity contribution in [2.75, 3.05) is 0 Å². The van der Waals surface area contributed by atoms with Crippen LogP contribution in [0.1, 0.15) is 5.56 Å². The molecule has 7 heteroatoms. The standard InChI is InChI=1S/C9H6BF3O2S/c11-9(12,13)6-3-1-2-5-4-7(10(14)15)16-8(5)6/h1-4,14-15H. The molecule has 0 atom stereocenters. The van der Waals surface area contributed by atoms with Crippen molar-refractivity contribution in [3.05, 3.63) is 29.8 Å². The van der Waals surface area contributed by atoms with Crippen LogP contribution in [0.5, 0.6) is 0 Å². The van der Waals surface area contributed by atoms with Crippen LogP contribution in [0.4, 0.5) is 13.2 Å². The first-order valence-electron chi connectivity index (χ1n) is 4.35. The molecule has 1 aromatic heterocycles. The van der Waals surface area contributed by atoms with Gasteiger partial charge in [-0.1, -0.05) is 12.1 Å². The Morgan fingerprint density at radius 1 is 1.19 bits per heavy atom. The Labute approximate surface area is 93.1 Å². The van der Waals surface area contributed by atoms with Crippen molar-refractivity contribution in [1.82, 2.24) is 0 Å². The molecule has 16 heavy (non-hydrogen) atoms. The highest BCUT2D eigenvalue weighted by molar-refractivity contribution is 7.28. The van der Waals surface area contributed by atoms with Crippen LogP contribution < -0.4 is 4.78 Å². The summed E-state index contributed by atoms with van der Waals surface area (Å²) in [5.74, 6) is 0. The van der Waals surface area contributed by atoms with Crippen molar-refractivity contribution >= 4 is 33.3 Å². The Hall–Kier alpha value is -1.05. The number of hydrogen-bond donors (Lipinski definition) is 2. The van der Waals surface area contributed by atoms with E-state index < -0.39 is 18.9 Å². The molecule has 2 aromatic rings. The Morgan fingerprint density at radius 3 is 2.44 bits per heavy atom. The molecule has 0 radical (unpaired) electrons. The number of thiophene rings is 1. The molecular formula is C9H6BF3O2S. The van der Waals surface area contributed by atoms with E-state index in [2.05, 4.69) is 0 Å². The maximum absolute atomic E-state index is 12.6. The SMILES string of the molecule is OB(O)c1cc2cccc(C(F)(F)F)c2s1. The Balaban J connectivity index is 2.68. The third kappa shape index (κ3) is 1.93. The molecule has 2 nitrogen and oxygen atoms in total. The fourth-order valence-corrected chi connectivity index (χ4v) is 2.50. The predicted octanol–water partition coefficient (Wildman–Crippen LogP) is 1.60. The van der Waals surface area contributed by atoms with Crippen molar-refractivity contribution in [1.29, 1.82) is 0 Å². The van der Waals surface area contributed by atoms with Crippen LogP contribution in [0, 0.1) is 0 Å². The van der Waals surface area contributed by atoms with Crippen LogP contribution >= 0.6 is 11.3 Å². The van der Waals surface area contributed by atoms with E-state index in [0.29, 0.717) is 5.39 Å². The first-order valence-corrected chi connectivity index (χ1v) is 5.17. The van der Waals surface area contributed by atoms with Crippen LogP contribution in [0.15, 0.2) is 24.3 Å². The molecule has 1 heterocycles. The largest absolute Gasteiger partial charge is 0.499 e. The van der Waals surface area contributed by atoms with Gasteiger partial charge in [0.05, 0.1) is 5.56 Å². The zero-order valence-corrected chi connectivity index (χ0v) is 8.64. The fraction of sp³-hybridized carbons (Fsp3) is 0.111. The van der Waals surface area contributed by atoms with E-state index >= 15 is 0 Å². The smallest absolute Gasteiger partial charge is 0.423 e. The fourth-order valence-electron chi connectivity index (χ4n) is 1.43. The highest BCUT2D eigenvalue weighted by Gasteiger charge is 2.33. The van der Waals surface area contributed by atoms with Crippen LogP contribution in [0.2, 0.25) is 0 Å². The van der Waals surface area contributed by atoms with Crippen molar-refractivity contribution < 1.29 is 23.2 Å². The van der Waals surface area contributed by atoms with Gasteiger partial charge in [0, 0.05) is 9.48 Å². The topological polar surface area (TPSA) is 40.5 Å². The lowest BCUT2D eigenvalue weighted by Crippen LogP contribution is -2.26. The lowest BCUT2D eigenvalue weighted by Gasteiger charge is -2.06. The second-order valence-corrected chi connectivity index (χ2v) is 4.33. The highest BCUT2D eigenvalue weighted by atomic mass is 32.1. The van der Waals surface area contributed by atoms with Crippen molar-refractivity contribution in [2.45, 2.75) is 6.18 Å². The number of fused-ring (bicyclic) bond motifs is 1. The Bertz CT molecular complexity index is 521. The van der Waals surface area contributed by atoms with Gasteiger partial charge in [-0.05, 0) is 17.5 Å². The lowest BCUT2D eigenvalue weighted by molar-refractivity contribution is -0.136. The van der Waals surface area contributed by atoms with E-state index in [0.717, 1.165) is 17.4 Å². The van der Waals surface area contributed by atoms with Gasteiger partial charge in [0.15, 0.2) is 0 Å². The minimum atomic E-state index is -4.43. The molecule has 0 bridgehead atoms. The summed E-state index contributed by atoms with van der Waals surface area (Å²) in [7, 11) is -1.74. The van der Waals surface area contributed by atoms with Crippen molar-refractivity contribution in [3.8, 4) is 0 Å². The Morgan fingerprint density at radius 2 is 1.88 bits per heavy atom. The molecule has 0 fully saturated rings. The summed E-state index contributed by atoms with van der Waals surface area (Å²) in [6.45, 7) is 0. The highest BCUT2D eigenvalue weighted by Crippen LogP contribution is 2.36. The van der Waals surface area contributed by atoms with E-state index in [1.54, 1.807) is 0 Å². The zero-order chi connectivity index (χ0) is 11.9. The summed E-state index contributed by atoms with van der Waals surface area (Å²) < 4.78 is 38.0. The molecule has 0 saturated carbocycles. The van der Waals surface area contributed by atoms with Gasteiger partial charge in [-0.15, -0.1) is 11.3 Å². The summed E-state index contributed by atoms with van der Waals surface area (Å²) in [6, 6.07) is 5.13. The molecular weight excluding hydrogens is 240 g/mol. The maximum atomic E-state index is 12.6. The van der Waals surface area contributed by atoms with Gasteiger partial charge in [-0.25, -0.2) is 0 Å². The number of halogens is 3. The van der Waals surface area contributed by atoms with E-state index in [4.69, 9.17) is 10.0 Å². The molecule has 2 rings (SSSR count). The second kappa shape index (κ2) is 3.76. The van der Waals surface area contributed by atoms with E-state index in [9.17, 15) is 13.2 Å². The summed E-state index contributed by atoms with van der Waals surface area (Å²) >= 11 is 0.739. The van der Waals surface area contributed by atoms with Gasteiger partial charge in [0.25, 0.3) is 0 Å². The summed E-state index contributed by atoms with van der Waals surface area (Å²) in [6.07, 6.45) is -4.43. The number of benzene rings is 1. The number of hydrogen-bond acceptors (Lipinski definition) is 3. The molecule has 0 spiro atoms. The molecule has 1 aromatic carbocycles. The van der Waals surface area contributed by atoms with Crippen molar-refractivity contribution in [3.63, 3.8) is 0 Å². The summed E-state index contributed by atoms with van der Waals surface area (Å²) in [4.78, 5) is 0. The molecule has 0 aliphatic carbocycles. The average molecular weight is 246 g/mol. The van der Waals surface area contributed by atoms with Crippen molar-refractivity contribution in [2.24, 2.45) is 0 Å². The third-order valence-electron chi connectivity index (χ3n) is 2.12. The second-order valence-electron chi connectivity index (χ2n) is 3.24. The van der Waals surface area contributed by atoms with Crippen LogP contribution in [-0.4, -0.2) is 17.2 Å². The van der Waals surface area contributed by atoms with Gasteiger partial charge in [-0.3, -0.25) is 0 Å². The predicted molar refractivity (Wildman–Crippen MR) is 56.7 cm³/mol. The van der Waals surface area contributed by atoms with Crippen LogP contribution in [0.3, 0.4) is 0 Å². The molecule has 0 unspecified atom stereocenters. The summed E-state index contributed by atoms with van der Waals surface area (Å²) in [5.41, 5.74) is -0.748. The normalized spacial score (nSPS) is 12.1. The van der Waals surface area contributed by atoms with E-state index in [-0.39, 0.29) is 9.48 Å². The van der Waals surface area contributed by atoms with E-state index in [1.165, 1.54) is 18.2 Å². The van der Waals surface area contributed by atoms with E-state index in [1.807, 2.05) is 0 Å². The number of alkyl halides is 3. The molecule has 84 valence electrons.